The molecule has 6 nitrogen and oxygen atoms in total. The Morgan fingerprint density at radius 2 is 2.04 bits per heavy atom. The molecule has 1 aliphatic carbocycles. The maximum absolute atomic E-state index is 4.53. The average molecular weight is 334 g/mol. The van der Waals surface area contributed by atoms with Crippen LogP contribution in [0.2, 0.25) is 0 Å². The smallest absolute Gasteiger partial charge is 0.139 e. The monoisotopic (exact) mass is 334 g/mol. The number of nitrogens with zero attached hydrogens (tertiary/aromatic N) is 4. The minimum absolute atomic E-state index is 0.592. The van der Waals surface area contributed by atoms with Gasteiger partial charge in [-0.15, -0.1) is 0 Å². The normalized spacial score (nSPS) is 21.0. The lowest BCUT2D eigenvalue weighted by Gasteiger charge is -2.35. The zero-order valence-corrected chi connectivity index (χ0v) is 14.2. The van der Waals surface area contributed by atoms with Crippen LogP contribution in [0.4, 0.5) is 5.69 Å². The molecule has 3 aromatic heterocycles. The summed E-state index contributed by atoms with van der Waals surface area (Å²) in [5.41, 5.74) is 4.41. The first-order chi connectivity index (χ1) is 12.4. The Balaban J connectivity index is 1.53. The second-order valence-electron chi connectivity index (χ2n) is 7.11. The van der Waals surface area contributed by atoms with Gasteiger partial charge in [0.15, 0.2) is 0 Å². The predicted molar refractivity (Wildman–Crippen MR) is 98.5 cm³/mol. The lowest BCUT2D eigenvalue weighted by atomic mass is 10.0. The Kier molecular flexibility index (Phi) is 3.63. The Morgan fingerprint density at radius 3 is 2.88 bits per heavy atom. The number of anilines is 1. The highest BCUT2D eigenvalue weighted by Crippen LogP contribution is 2.35. The van der Waals surface area contributed by atoms with E-state index in [0.717, 1.165) is 35.9 Å². The summed E-state index contributed by atoms with van der Waals surface area (Å²) in [4.78, 5) is 10.4. The molecule has 0 bridgehead atoms. The zero-order chi connectivity index (χ0) is 16.6. The van der Waals surface area contributed by atoms with Crippen molar-refractivity contribution in [1.29, 1.82) is 0 Å². The maximum Gasteiger partial charge on any atom is 0.139 e. The van der Waals surface area contributed by atoms with Crippen molar-refractivity contribution < 1.29 is 0 Å². The topological polar surface area (TPSA) is 69.7 Å². The van der Waals surface area contributed by atoms with E-state index in [4.69, 9.17) is 0 Å². The summed E-state index contributed by atoms with van der Waals surface area (Å²) in [6, 6.07) is 5.50. The molecule has 4 heterocycles. The van der Waals surface area contributed by atoms with Gasteiger partial charge in [0.1, 0.15) is 5.65 Å². The highest BCUT2D eigenvalue weighted by molar-refractivity contribution is 6.02. The molecule has 25 heavy (non-hydrogen) atoms. The number of hydrogen-bond donors (Lipinski definition) is 2. The predicted octanol–water partition coefficient (Wildman–Crippen LogP) is 2.74. The molecule has 2 N–H and O–H groups in total. The molecule has 1 saturated heterocycles. The second kappa shape index (κ2) is 6.11. The van der Waals surface area contributed by atoms with Crippen LogP contribution in [0.25, 0.3) is 22.2 Å². The van der Waals surface area contributed by atoms with Crippen molar-refractivity contribution in [3.8, 4) is 11.1 Å². The third kappa shape index (κ3) is 2.87. The molecule has 1 aliphatic heterocycles. The summed E-state index contributed by atoms with van der Waals surface area (Å²) in [6.07, 6.45) is 12.7. The van der Waals surface area contributed by atoms with E-state index >= 15 is 0 Å². The quantitative estimate of drug-likeness (QED) is 0.768. The lowest BCUT2D eigenvalue weighted by molar-refractivity contribution is 0.421. The SMILES string of the molecule is c1cc(-c2c[nH]c3nccc(N4CCC[C@H](NC5CC5)C4)c23)cnn1. The zero-order valence-electron chi connectivity index (χ0n) is 14.2. The minimum atomic E-state index is 0.592. The van der Waals surface area contributed by atoms with Crippen molar-refractivity contribution in [3.05, 3.63) is 36.9 Å². The number of rotatable bonds is 4. The van der Waals surface area contributed by atoms with E-state index in [-0.39, 0.29) is 0 Å². The number of aromatic nitrogens is 4. The van der Waals surface area contributed by atoms with Gasteiger partial charge in [0.2, 0.25) is 0 Å². The molecule has 1 saturated carbocycles. The number of aromatic amines is 1. The van der Waals surface area contributed by atoms with E-state index < -0.39 is 0 Å². The minimum Gasteiger partial charge on any atom is -0.369 e. The molecule has 0 radical (unpaired) electrons. The summed E-state index contributed by atoms with van der Waals surface area (Å²) in [5, 5.41) is 12.9. The molecule has 5 rings (SSSR count). The number of pyridine rings is 1. The average Bonchev–Trinajstić information content (AvgIpc) is 3.37. The van der Waals surface area contributed by atoms with Crippen LogP contribution in [-0.4, -0.2) is 45.3 Å². The molecule has 2 aliphatic rings. The van der Waals surface area contributed by atoms with E-state index in [0.29, 0.717) is 6.04 Å². The second-order valence-corrected chi connectivity index (χ2v) is 7.11. The van der Waals surface area contributed by atoms with Gasteiger partial charge in [-0.2, -0.15) is 10.2 Å². The fourth-order valence-electron chi connectivity index (χ4n) is 3.90. The van der Waals surface area contributed by atoms with Crippen LogP contribution in [-0.2, 0) is 0 Å². The number of fused-ring (bicyclic) bond motifs is 1. The summed E-state index contributed by atoms with van der Waals surface area (Å²) in [6.45, 7) is 2.16. The van der Waals surface area contributed by atoms with Gasteiger partial charge in [0.05, 0.1) is 12.4 Å². The molecule has 1 atom stereocenters. The van der Waals surface area contributed by atoms with Gasteiger partial charge in [0, 0.05) is 59.8 Å². The van der Waals surface area contributed by atoms with Crippen LogP contribution < -0.4 is 10.2 Å². The molecule has 0 aromatic carbocycles. The number of hydrogen-bond acceptors (Lipinski definition) is 5. The highest BCUT2D eigenvalue weighted by atomic mass is 15.2. The van der Waals surface area contributed by atoms with Crippen LogP contribution in [0.3, 0.4) is 0 Å². The van der Waals surface area contributed by atoms with Gasteiger partial charge in [-0.25, -0.2) is 4.98 Å². The standard InChI is InChI=1S/C19H22N6/c1-2-15(24-14-3-4-14)12-25(9-1)17-6-7-20-19-18(17)16(11-21-19)13-5-8-22-23-10-13/h5-8,10-11,14-15,24H,1-4,9,12H2,(H,20,21)/t15-/m0/s1. The van der Waals surface area contributed by atoms with Gasteiger partial charge in [-0.3, -0.25) is 0 Å². The third-order valence-corrected chi connectivity index (χ3v) is 5.26. The molecule has 128 valence electrons. The number of piperidine rings is 1. The van der Waals surface area contributed by atoms with Crippen LogP contribution in [0.1, 0.15) is 25.7 Å². The third-order valence-electron chi connectivity index (χ3n) is 5.26. The van der Waals surface area contributed by atoms with Crippen molar-refractivity contribution in [3.63, 3.8) is 0 Å². The molecule has 6 heteroatoms. The molecule has 2 fully saturated rings. The van der Waals surface area contributed by atoms with Crippen molar-refractivity contribution in [1.82, 2.24) is 25.5 Å². The molecular weight excluding hydrogens is 312 g/mol. The molecule has 0 spiro atoms. The van der Waals surface area contributed by atoms with Gasteiger partial charge < -0.3 is 15.2 Å². The lowest BCUT2D eigenvalue weighted by Crippen LogP contribution is -2.46. The summed E-state index contributed by atoms with van der Waals surface area (Å²) in [5.74, 6) is 0. The molecular formula is C19H22N6. The first-order valence-electron chi connectivity index (χ1n) is 9.12. The Morgan fingerprint density at radius 1 is 1.08 bits per heavy atom. The van der Waals surface area contributed by atoms with Gasteiger partial charge in [-0.05, 0) is 37.8 Å². The van der Waals surface area contributed by atoms with Crippen molar-refractivity contribution in [2.24, 2.45) is 0 Å². The Labute approximate surface area is 146 Å². The Bertz CT molecular complexity index is 870. The Hall–Kier alpha value is -2.47. The first kappa shape index (κ1) is 14.8. The fourth-order valence-corrected chi connectivity index (χ4v) is 3.90. The largest absolute Gasteiger partial charge is 0.369 e. The number of nitrogens with one attached hydrogen (secondary N) is 2. The van der Waals surface area contributed by atoms with Gasteiger partial charge >= 0.3 is 0 Å². The van der Waals surface area contributed by atoms with E-state index in [1.165, 1.54) is 36.8 Å². The van der Waals surface area contributed by atoms with Gasteiger partial charge in [-0.1, -0.05) is 0 Å². The van der Waals surface area contributed by atoms with Crippen molar-refractivity contribution in [2.45, 2.75) is 37.8 Å². The van der Waals surface area contributed by atoms with E-state index in [2.05, 4.69) is 36.4 Å². The molecule has 0 amide bonds. The van der Waals surface area contributed by atoms with Crippen LogP contribution in [0, 0.1) is 0 Å². The summed E-state index contributed by atoms with van der Waals surface area (Å²) < 4.78 is 0. The molecule has 0 unspecified atom stereocenters. The summed E-state index contributed by atoms with van der Waals surface area (Å²) >= 11 is 0. The number of H-pyrrole nitrogens is 1. The molecule has 3 aromatic rings. The van der Waals surface area contributed by atoms with E-state index in [9.17, 15) is 0 Å². The van der Waals surface area contributed by atoms with Crippen LogP contribution >= 0.6 is 0 Å². The first-order valence-corrected chi connectivity index (χ1v) is 9.12. The fraction of sp³-hybridized carbons (Fsp3) is 0.421. The van der Waals surface area contributed by atoms with Crippen molar-refractivity contribution in [2.75, 3.05) is 18.0 Å². The van der Waals surface area contributed by atoms with Gasteiger partial charge in [0.25, 0.3) is 0 Å². The maximum atomic E-state index is 4.53. The van der Waals surface area contributed by atoms with E-state index in [1.807, 2.05) is 24.7 Å². The van der Waals surface area contributed by atoms with E-state index in [1.54, 1.807) is 6.20 Å². The van der Waals surface area contributed by atoms with Crippen LogP contribution in [0.5, 0.6) is 0 Å². The van der Waals surface area contributed by atoms with Crippen molar-refractivity contribution >= 4 is 16.7 Å². The highest BCUT2D eigenvalue weighted by Gasteiger charge is 2.28. The van der Waals surface area contributed by atoms with Crippen LogP contribution in [0.15, 0.2) is 36.9 Å². The summed E-state index contributed by atoms with van der Waals surface area (Å²) in [7, 11) is 0.